The molecular formula is C15H20ClN3O. The van der Waals surface area contributed by atoms with Gasteiger partial charge in [-0.05, 0) is 25.6 Å². The molecule has 2 atom stereocenters. The summed E-state index contributed by atoms with van der Waals surface area (Å²) < 4.78 is 7.88. The molecule has 1 N–H and O–H groups in total. The molecule has 4 nitrogen and oxygen atoms in total. The quantitative estimate of drug-likeness (QED) is 0.942. The van der Waals surface area contributed by atoms with Gasteiger partial charge in [-0.15, -0.1) is 0 Å². The summed E-state index contributed by atoms with van der Waals surface area (Å²) in [4.78, 5) is 4.82. The van der Waals surface area contributed by atoms with Crippen molar-refractivity contribution in [2.45, 2.75) is 32.4 Å². The molecule has 2 heterocycles. The molecule has 0 bridgehead atoms. The van der Waals surface area contributed by atoms with Gasteiger partial charge in [0.2, 0.25) is 0 Å². The van der Waals surface area contributed by atoms with Crippen LogP contribution in [0.2, 0.25) is 5.02 Å². The predicted molar refractivity (Wildman–Crippen MR) is 81.4 cm³/mol. The molecule has 2 aromatic rings. The predicted octanol–water partition coefficient (Wildman–Crippen LogP) is 2.80. The van der Waals surface area contributed by atoms with Crippen LogP contribution in [0.4, 0.5) is 0 Å². The van der Waals surface area contributed by atoms with Crippen LogP contribution in [0, 0.1) is 0 Å². The number of halogens is 1. The Bertz CT molecular complexity index is 610. The Labute approximate surface area is 124 Å². The van der Waals surface area contributed by atoms with E-state index >= 15 is 0 Å². The van der Waals surface area contributed by atoms with Crippen molar-refractivity contribution in [3.05, 3.63) is 29.0 Å². The lowest BCUT2D eigenvalue weighted by Gasteiger charge is -2.19. The number of para-hydroxylation sites is 1. The molecule has 3 rings (SSSR count). The van der Waals surface area contributed by atoms with Crippen molar-refractivity contribution < 1.29 is 4.74 Å². The summed E-state index contributed by atoms with van der Waals surface area (Å²) in [6, 6.07) is 6.23. The van der Waals surface area contributed by atoms with Crippen LogP contribution in [0.1, 0.15) is 25.6 Å². The van der Waals surface area contributed by atoms with Gasteiger partial charge < -0.3 is 14.6 Å². The lowest BCUT2D eigenvalue weighted by atomic mass is 10.0. The van der Waals surface area contributed by atoms with Crippen molar-refractivity contribution in [1.29, 1.82) is 0 Å². The number of imidazole rings is 1. The second-order valence-corrected chi connectivity index (χ2v) is 5.54. The van der Waals surface area contributed by atoms with Crippen LogP contribution in [0.15, 0.2) is 18.2 Å². The minimum atomic E-state index is 0.290. The van der Waals surface area contributed by atoms with Gasteiger partial charge in [0.15, 0.2) is 0 Å². The third-order valence-electron chi connectivity index (χ3n) is 3.94. The average molecular weight is 294 g/mol. The zero-order valence-electron chi connectivity index (χ0n) is 11.9. The number of nitrogens with zero attached hydrogens (tertiary/aromatic N) is 2. The highest BCUT2D eigenvalue weighted by molar-refractivity contribution is 6.35. The first-order valence-electron chi connectivity index (χ1n) is 7.22. The van der Waals surface area contributed by atoms with Crippen LogP contribution in [0.25, 0.3) is 11.0 Å². The number of fused-ring (bicyclic) bond motifs is 1. The van der Waals surface area contributed by atoms with Gasteiger partial charge in [0.05, 0.1) is 35.2 Å². The van der Waals surface area contributed by atoms with E-state index < -0.39 is 0 Å². The van der Waals surface area contributed by atoms with Gasteiger partial charge in [0, 0.05) is 12.6 Å². The molecule has 0 amide bonds. The molecular weight excluding hydrogens is 274 g/mol. The number of nitrogens with one attached hydrogen (secondary N) is 1. The molecule has 1 aliphatic rings. The second-order valence-electron chi connectivity index (χ2n) is 5.13. The van der Waals surface area contributed by atoms with E-state index in [4.69, 9.17) is 21.3 Å². The van der Waals surface area contributed by atoms with Crippen molar-refractivity contribution in [2.24, 2.45) is 0 Å². The van der Waals surface area contributed by atoms with Gasteiger partial charge in [-0.2, -0.15) is 0 Å². The van der Waals surface area contributed by atoms with Gasteiger partial charge in [0.1, 0.15) is 5.82 Å². The zero-order chi connectivity index (χ0) is 14.1. The van der Waals surface area contributed by atoms with E-state index in [1.807, 2.05) is 18.2 Å². The van der Waals surface area contributed by atoms with Crippen molar-refractivity contribution in [3.63, 3.8) is 0 Å². The van der Waals surface area contributed by atoms with E-state index in [1.54, 1.807) is 0 Å². The third kappa shape index (κ3) is 2.22. The number of hydrogen-bond acceptors (Lipinski definition) is 3. The number of aromatic nitrogens is 2. The summed E-state index contributed by atoms with van der Waals surface area (Å²) in [5.74, 6) is 1.37. The second kappa shape index (κ2) is 5.72. The number of benzene rings is 1. The molecule has 0 radical (unpaired) electrons. The molecule has 1 aromatic carbocycles. The number of aryl methyl sites for hydroxylation is 1. The van der Waals surface area contributed by atoms with Gasteiger partial charge >= 0.3 is 0 Å². The maximum atomic E-state index is 6.35. The van der Waals surface area contributed by atoms with Crippen LogP contribution in [-0.4, -0.2) is 35.4 Å². The van der Waals surface area contributed by atoms with E-state index in [2.05, 4.69) is 23.7 Å². The Morgan fingerprint density at radius 2 is 2.25 bits per heavy atom. The fourth-order valence-corrected chi connectivity index (χ4v) is 3.31. The van der Waals surface area contributed by atoms with Crippen LogP contribution in [0.5, 0.6) is 0 Å². The molecule has 0 aliphatic carbocycles. The molecule has 108 valence electrons. The minimum absolute atomic E-state index is 0.290. The Hall–Kier alpha value is -1.10. The molecule has 1 fully saturated rings. The molecule has 0 saturated carbocycles. The van der Waals surface area contributed by atoms with E-state index in [0.717, 1.165) is 48.2 Å². The highest BCUT2D eigenvalue weighted by Gasteiger charge is 2.33. The van der Waals surface area contributed by atoms with Crippen molar-refractivity contribution in [1.82, 2.24) is 14.9 Å². The van der Waals surface area contributed by atoms with Crippen LogP contribution in [-0.2, 0) is 11.3 Å². The SMILES string of the molecule is CCNC1COCC1c1nc2cccc(Cl)c2n1CC. The summed E-state index contributed by atoms with van der Waals surface area (Å²) >= 11 is 6.35. The molecule has 5 heteroatoms. The van der Waals surface area contributed by atoms with Crippen molar-refractivity contribution in [3.8, 4) is 0 Å². The van der Waals surface area contributed by atoms with E-state index in [-0.39, 0.29) is 0 Å². The Kier molecular flexibility index (Phi) is 3.96. The van der Waals surface area contributed by atoms with E-state index in [0.29, 0.717) is 12.0 Å². The Morgan fingerprint density at radius 3 is 3.00 bits per heavy atom. The van der Waals surface area contributed by atoms with Gasteiger partial charge in [-0.1, -0.05) is 24.6 Å². The van der Waals surface area contributed by atoms with E-state index in [1.165, 1.54) is 0 Å². The Morgan fingerprint density at radius 1 is 1.40 bits per heavy atom. The summed E-state index contributed by atoms with van der Waals surface area (Å²) in [6.07, 6.45) is 0. The monoisotopic (exact) mass is 293 g/mol. The smallest absolute Gasteiger partial charge is 0.117 e. The summed E-state index contributed by atoms with van der Waals surface area (Å²) in [5.41, 5.74) is 2.00. The summed E-state index contributed by atoms with van der Waals surface area (Å²) in [6.45, 7) is 7.53. The molecule has 20 heavy (non-hydrogen) atoms. The van der Waals surface area contributed by atoms with Crippen LogP contribution < -0.4 is 5.32 Å². The maximum Gasteiger partial charge on any atom is 0.117 e. The summed E-state index contributed by atoms with van der Waals surface area (Å²) in [5, 5.41) is 4.26. The molecule has 2 unspecified atom stereocenters. The highest BCUT2D eigenvalue weighted by atomic mass is 35.5. The largest absolute Gasteiger partial charge is 0.379 e. The number of ether oxygens (including phenoxy) is 1. The maximum absolute atomic E-state index is 6.35. The number of likely N-dealkylation sites (N-methyl/N-ethyl adjacent to an activating group) is 1. The molecule has 1 aliphatic heterocycles. The van der Waals surface area contributed by atoms with Gasteiger partial charge in [0.25, 0.3) is 0 Å². The first kappa shape index (κ1) is 13.9. The first-order chi connectivity index (χ1) is 9.76. The van der Waals surface area contributed by atoms with E-state index in [9.17, 15) is 0 Å². The fraction of sp³-hybridized carbons (Fsp3) is 0.533. The zero-order valence-corrected chi connectivity index (χ0v) is 12.7. The molecule has 1 saturated heterocycles. The van der Waals surface area contributed by atoms with Gasteiger partial charge in [-0.3, -0.25) is 0 Å². The van der Waals surface area contributed by atoms with Gasteiger partial charge in [-0.25, -0.2) is 4.98 Å². The van der Waals surface area contributed by atoms with Crippen molar-refractivity contribution in [2.75, 3.05) is 19.8 Å². The fourth-order valence-electron chi connectivity index (χ4n) is 3.04. The lowest BCUT2D eigenvalue weighted by Crippen LogP contribution is -2.35. The number of rotatable bonds is 4. The number of hydrogen-bond donors (Lipinski definition) is 1. The minimum Gasteiger partial charge on any atom is -0.379 e. The normalized spacial score (nSPS) is 22.8. The van der Waals surface area contributed by atoms with Crippen LogP contribution >= 0.6 is 11.6 Å². The summed E-state index contributed by atoms with van der Waals surface area (Å²) in [7, 11) is 0. The lowest BCUT2D eigenvalue weighted by molar-refractivity contribution is 0.187. The third-order valence-corrected chi connectivity index (χ3v) is 4.25. The van der Waals surface area contributed by atoms with Crippen LogP contribution in [0.3, 0.4) is 0 Å². The molecule has 0 spiro atoms. The average Bonchev–Trinajstić information content (AvgIpc) is 3.03. The first-order valence-corrected chi connectivity index (χ1v) is 7.59. The Balaban J connectivity index is 2.09. The standard InChI is InChI=1S/C15H20ClN3O/c1-3-17-13-9-20-8-10(13)15-18-12-7-5-6-11(16)14(12)19(15)4-2/h5-7,10,13,17H,3-4,8-9H2,1-2H3. The van der Waals surface area contributed by atoms with Crippen molar-refractivity contribution >= 4 is 22.6 Å². The topological polar surface area (TPSA) is 39.1 Å². The molecule has 1 aromatic heterocycles. The highest BCUT2D eigenvalue weighted by Crippen LogP contribution is 2.31.